The predicted molar refractivity (Wildman–Crippen MR) is 168 cm³/mol. The van der Waals surface area contributed by atoms with Gasteiger partial charge in [0.05, 0.1) is 24.3 Å². The van der Waals surface area contributed by atoms with E-state index in [0.717, 1.165) is 29.7 Å². The number of rotatable bonds is 20. The summed E-state index contributed by atoms with van der Waals surface area (Å²) in [5, 5.41) is 3.08. The molecule has 41 heavy (non-hydrogen) atoms. The zero-order chi connectivity index (χ0) is 29.1. The fourth-order valence-electron chi connectivity index (χ4n) is 5.17. The van der Waals surface area contributed by atoms with Gasteiger partial charge in [-0.05, 0) is 25.5 Å². The molecule has 0 radical (unpaired) electrons. The van der Waals surface area contributed by atoms with Gasteiger partial charge in [-0.1, -0.05) is 114 Å². The molecule has 1 aromatic heterocycles. The van der Waals surface area contributed by atoms with Crippen molar-refractivity contribution < 1.29 is 18.9 Å². The number of nitrogens with zero attached hydrogens (tertiary/aromatic N) is 1. The zero-order valence-electron chi connectivity index (χ0n) is 25.2. The molecule has 5 nitrogen and oxygen atoms in total. The van der Waals surface area contributed by atoms with E-state index < -0.39 is 0 Å². The molecule has 0 aliphatic heterocycles. The van der Waals surface area contributed by atoms with Crippen molar-refractivity contribution in [3.8, 4) is 5.75 Å². The molecule has 0 bridgehead atoms. The van der Waals surface area contributed by atoms with Gasteiger partial charge in [0.2, 0.25) is 5.91 Å². The van der Waals surface area contributed by atoms with Crippen molar-refractivity contribution in [3.63, 3.8) is 0 Å². The Hall–Kier alpha value is -3.47. The molecule has 5 heteroatoms. The van der Waals surface area contributed by atoms with Crippen molar-refractivity contribution in [2.75, 3.05) is 11.9 Å². The summed E-state index contributed by atoms with van der Waals surface area (Å²) < 4.78 is 8.24. The molecule has 0 aliphatic rings. The lowest BCUT2D eigenvalue weighted by Gasteiger charge is -2.15. The molecule has 0 unspecified atom stereocenters. The minimum absolute atomic E-state index is 0.0535. The molecule has 0 spiro atoms. The molecule has 0 aliphatic carbocycles. The summed E-state index contributed by atoms with van der Waals surface area (Å²) in [5.74, 6) is 0.361. The second-order valence-electron chi connectivity index (χ2n) is 11.0. The van der Waals surface area contributed by atoms with E-state index in [-0.39, 0.29) is 18.1 Å². The third-order valence-electron chi connectivity index (χ3n) is 7.49. The SMILES string of the molecule is CCCCCCCCCCCCCCOc1c(CC(=O)Nc2ccccc2C[n+]2ccccc2)cccc1C(C)=O. The highest BCUT2D eigenvalue weighted by Gasteiger charge is 2.17. The van der Waals surface area contributed by atoms with E-state index in [1.165, 1.54) is 64.2 Å². The monoisotopic (exact) mass is 557 g/mol. The van der Waals surface area contributed by atoms with Gasteiger partial charge in [-0.25, -0.2) is 4.57 Å². The van der Waals surface area contributed by atoms with E-state index in [0.29, 0.717) is 24.5 Å². The number of carbonyl (C=O) groups excluding carboxylic acids is 2. The van der Waals surface area contributed by atoms with Crippen LogP contribution in [0.5, 0.6) is 5.75 Å². The summed E-state index contributed by atoms with van der Waals surface area (Å²) in [6.45, 7) is 5.02. The van der Waals surface area contributed by atoms with Crippen molar-refractivity contribution >= 4 is 17.4 Å². The second-order valence-corrected chi connectivity index (χ2v) is 11.0. The Morgan fingerprint density at radius 3 is 1.98 bits per heavy atom. The number of Topliss-reactive ketones (excluding diaryl/α,β-unsaturated/α-hetero) is 1. The lowest BCUT2D eigenvalue weighted by molar-refractivity contribution is -0.688. The molecule has 3 rings (SSSR count). The van der Waals surface area contributed by atoms with Crippen LogP contribution in [0.1, 0.15) is 112 Å². The summed E-state index contributed by atoms with van der Waals surface area (Å²) in [6.07, 6.45) is 19.5. The van der Waals surface area contributed by atoms with E-state index in [2.05, 4.69) is 16.8 Å². The van der Waals surface area contributed by atoms with Crippen LogP contribution in [-0.4, -0.2) is 18.3 Å². The van der Waals surface area contributed by atoms with E-state index in [4.69, 9.17) is 4.74 Å². The number of unbranched alkanes of at least 4 members (excludes halogenated alkanes) is 11. The number of aromatic nitrogens is 1. The van der Waals surface area contributed by atoms with Crippen LogP contribution in [0, 0.1) is 0 Å². The molecule has 220 valence electrons. The zero-order valence-corrected chi connectivity index (χ0v) is 25.2. The average Bonchev–Trinajstić information content (AvgIpc) is 2.97. The number of ketones is 1. The van der Waals surface area contributed by atoms with Gasteiger partial charge in [0.1, 0.15) is 5.75 Å². The lowest BCUT2D eigenvalue weighted by atomic mass is 10.0. The average molecular weight is 558 g/mol. The van der Waals surface area contributed by atoms with Gasteiger partial charge in [-0.3, -0.25) is 9.59 Å². The summed E-state index contributed by atoms with van der Waals surface area (Å²) in [5.41, 5.74) is 3.09. The molecule has 0 fully saturated rings. The van der Waals surface area contributed by atoms with Gasteiger partial charge in [-0.2, -0.15) is 0 Å². The maximum Gasteiger partial charge on any atom is 0.228 e. The minimum atomic E-state index is -0.133. The number of anilines is 1. The molecule has 1 N–H and O–H groups in total. The van der Waals surface area contributed by atoms with Gasteiger partial charge in [0, 0.05) is 23.3 Å². The number of hydrogen-bond acceptors (Lipinski definition) is 3. The highest BCUT2D eigenvalue weighted by molar-refractivity contribution is 5.98. The summed E-state index contributed by atoms with van der Waals surface area (Å²) in [7, 11) is 0. The minimum Gasteiger partial charge on any atom is -0.493 e. The molecule has 0 saturated carbocycles. The van der Waals surface area contributed by atoms with Gasteiger partial charge in [-0.15, -0.1) is 0 Å². The number of nitrogens with one attached hydrogen (secondary N) is 1. The van der Waals surface area contributed by atoms with E-state index in [1.54, 1.807) is 13.0 Å². The van der Waals surface area contributed by atoms with Gasteiger partial charge < -0.3 is 10.1 Å². The largest absolute Gasteiger partial charge is 0.493 e. The Morgan fingerprint density at radius 2 is 1.32 bits per heavy atom. The van der Waals surface area contributed by atoms with Crippen LogP contribution in [-0.2, 0) is 17.8 Å². The Morgan fingerprint density at radius 1 is 0.707 bits per heavy atom. The normalized spacial score (nSPS) is 10.9. The number of carbonyl (C=O) groups is 2. The van der Waals surface area contributed by atoms with Crippen molar-refractivity contribution in [2.24, 2.45) is 0 Å². The van der Waals surface area contributed by atoms with Gasteiger partial charge >= 0.3 is 0 Å². The molecule has 1 amide bonds. The number of amides is 1. The van der Waals surface area contributed by atoms with Crippen LogP contribution in [0.3, 0.4) is 0 Å². The first kappa shape index (κ1) is 32.0. The second kappa shape index (κ2) is 18.8. The number of pyridine rings is 1. The fraction of sp³-hybridized carbons (Fsp3) is 0.472. The molecular formula is C36H49N2O3+. The summed E-state index contributed by atoms with van der Waals surface area (Å²) >= 11 is 0. The van der Waals surface area contributed by atoms with Crippen molar-refractivity contribution in [1.82, 2.24) is 0 Å². The highest BCUT2D eigenvalue weighted by atomic mass is 16.5. The number of ether oxygens (including phenoxy) is 1. The topological polar surface area (TPSA) is 59.3 Å². The molecular weight excluding hydrogens is 508 g/mol. The van der Waals surface area contributed by atoms with Crippen LogP contribution < -0.4 is 14.6 Å². The maximum atomic E-state index is 13.2. The van der Waals surface area contributed by atoms with Gasteiger partial charge in [0.15, 0.2) is 24.7 Å². The van der Waals surface area contributed by atoms with Crippen LogP contribution in [0.2, 0.25) is 0 Å². The lowest BCUT2D eigenvalue weighted by Crippen LogP contribution is -2.33. The van der Waals surface area contributed by atoms with Crippen molar-refractivity contribution in [3.05, 3.63) is 89.7 Å². The molecule has 0 saturated heterocycles. The molecule has 2 aromatic carbocycles. The Labute approximate surface area is 247 Å². The predicted octanol–water partition coefficient (Wildman–Crippen LogP) is 8.49. The Balaban J connectivity index is 1.48. The number of hydrogen-bond donors (Lipinski definition) is 1. The highest BCUT2D eigenvalue weighted by Crippen LogP contribution is 2.26. The maximum absolute atomic E-state index is 13.2. The third-order valence-corrected chi connectivity index (χ3v) is 7.49. The Bertz CT molecular complexity index is 1190. The number of para-hydroxylation sites is 2. The standard InChI is InChI=1S/C36H48N2O3/c1-3-4-5-6-7-8-9-10-11-12-13-19-27-41-36-31(22-20-23-33(36)30(2)39)28-35(40)37-34-24-16-15-21-32(34)29-38-25-17-14-18-26-38/h14-18,20-26H,3-13,19,27-29H2,1-2H3/p+1. The first-order valence-corrected chi connectivity index (χ1v) is 15.7. The summed E-state index contributed by atoms with van der Waals surface area (Å²) in [6, 6.07) is 19.3. The summed E-state index contributed by atoms with van der Waals surface area (Å²) in [4.78, 5) is 25.5. The first-order chi connectivity index (χ1) is 20.1. The molecule has 1 heterocycles. The molecule has 0 atom stereocenters. The van der Waals surface area contributed by atoms with Crippen LogP contribution in [0.25, 0.3) is 0 Å². The first-order valence-electron chi connectivity index (χ1n) is 15.7. The van der Waals surface area contributed by atoms with Crippen molar-refractivity contribution in [1.29, 1.82) is 0 Å². The fourth-order valence-corrected chi connectivity index (χ4v) is 5.17. The van der Waals surface area contributed by atoms with Crippen LogP contribution in [0.4, 0.5) is 5.69 Å². The van der Waals surface area contributed by atoms with E-state index >= 15 is 0 Å². The van der Waals surface area contributed by atoms with Crippen LogP contribution in [0.15, 0.2) is 73.1 Å². The van der Waals surface area contributed by atoms with Gasteiger partial charge in [0.25, 0.3) is 0 Å². The smallest absolute Gasteiger partial charge is 0.228 e. The van der Waals surface area contributed by atoms with E-state index in [1.807, 2.05) is 67.0 Å². The van der Waals surface area contributed by atoms with Crippen LogP contribution >= 0.6 is 0 Å². The third kappa shape index (κ3) is 11.9. The quantitative estimate of drug-likeness (QED) is 0.0861. The van der Waals surface area contributed by atoms with Crippen molar-refractivity contribution in [2.45, 2.75) is 104 Å². The van der Waals surface area contributed by atoms with E-state index in [9.17, 15) is 9.59 Å². The Kier molecular flexibility index (Phi) is 14.7. The molecule has 3 aromatic rings. The number of benzene rings is 2.